The summed E-state index contributed by atoms with van der Waals surface area (Å²) in [5, 5.41) is 18.0. The van der Waals surface area contributed by atoms with E-state index in [-0.39, 0.29) is 41.2 Å². The Labute approximate surface area is 235 Å². The monoisotopic (exact) mass is 530 g/mol. The Morgan fingerprint density at radius 1 is 0.971 bits per heavy atom. The molecule has 0 spiro atoms. The van der Waals surface area contributed by atoms with E-state index in [1.165, 1.54) is 6.07 Å². The Balaban J connectivity index is 0.000000346. The van der Waals surface area contributed by atoms with E-state index in [4.69, 9.17) is 39.5 Å². The molecule has 0 fully saturated rings. The first-order valence-electron chi connectivity index (χ1n) is 9.83. The third kappa shape index (κ3) is 9.37. The van der Waals surface area contributed by atoms with E-state index in [9.17, 15) is 14.7 Å². The van der Waals surface area contributed by atoms with E-state index in [1.54, 1.807) is 68.4 Å². The molecule has 0 bridgehead atoms. The normalized spacial score (nSPS) is 9.85. The number of aryl methyl sites for hydroxylation is 1. The Kier molecular flexibility index (Phi) is 12.8. The summed E-state index contributed by atoms with van der Waals surface area (Å²) in [5.41, 5.74) is 2.40. The molecule has 174 valence electrons. The van der Waals surface area contributed by atoms with Crippen LogP contribution in [0.25, 0.3) is 0 Å². The van der Waals surface area contributed by atoms with Crippen molar-refractivity contribution in [2.75, 3.05) is 10.6 Å². The van der Waals surface area contributed by atoms with Crippen molar-refractivity contribution in [3.63, 3.8) is 0 Å². The van der Waals surface area contributed by atoms with Gasteiger partial charge in [0.1, 0.15) is 0 Å². The summed E-state index contributed by atoms with van der Waals surface area (Å²) in [6, 6.07) is 16.8. The smallest absolute Gasteiger partial charge is 0.545 e. The van der Waals surface area contributed by atoms with Crippen LogP contribution in [0.15, 0.2) is 60.7 Å². The van der Waals surface area contributed by atoms with Crippen LogP contribution in [0.3, 0.4) is 0 Å². The minimum atomic E-state index is -1.26. The van der Waals surface area contributed by atoms with Crippen molar-refractivity contribution in [1.82, 2.24) is 0 Å². The second-order valence-electron chi connectivity index (χ2n) is 7.10. The molecule has 34 heavy (non-hydrogen) atoms. The fourth-order valence-corrected chi connectivity index (χ4v) is 3.26. The number of hydrogen-bond acceptors (Lipinski definition) is 5. The first-order valence-corrected chi connectivity index (χ1v) is 11.0. The molecule has 0 saturated carbocycles. The standard InChI is InChI=1S/C14H11Cl2NO2.C10H12ClNO2.Na/c1-8-6-7-10(15)13(12(8)16)17-11-5-3-2-4-9(11)14(18)19;1-7(2)14-10(13)12-9-5-3-4-8(11)6-9;/h2-7,17H,1H3,(H,18,19);3-7H,1-2H3,(H,12,13);/q;;+1/p-1. The Morgan fingerprint density at radius 2 is 1.65 bits per heavy atom. The molecular formula is C24H22Cl3N2NaO4. The maximum Gasteiger partial charge on any atom is 1.00 e. The largest absolute Gasteiger partial charge is 1.00 e. The average Bonchev–Trinajstić information content (AvgIpc) is 2.74. The van der Waals surface area contributed by atoms with Gasteiger partial charge >= 0.3 is 35.7 Å². The van der Waals surface area contributed by atoms with Gasteiger partial charge in [-0.05, 0) is 56.7 Å². The van der Waals surface area contributed by atoms with E-state index in [2.05, 4.69) is 10.6 Å². The molecule has 0 aromatic heterocycles. The van der Waals surface area contributed by atoms with Crippen molar-refractivity contribution in [1.29, 1.82) is 0 Å². The number of para-hydroxylation sites is 1. The van der Waals surface area contributed by atoms with Gasteiger partial charge < -0.3 is 20.0 Å². The number of aromatic carboxylic acids is 1. The van der Waals surface area contributed by atoms with Gasteiger partial charge in [0.05, 0.1) is 27.8 Å². The van der Waals surface area contributed by atoms with Gasteiger partial charge in [-0.3, -0.25) is 5.32 Å². The van der Waals surface area contributed by atoms with Crippen LogP contribution in [-0.2, 0) is 4.74 Å². The van der Waals surface area contributed by atoms with E-state index in [0.29, 0.717) is 32.1 Å². The average molecular weight is 532 g/mol. The molecule has 0 radical (unpaired) electrons. The fraction of sp³-hybridized carbons (Fsp3) is 0.167. The summed E-state index contributed by atoms with van der Waals surface area (Å²) in [6.07, 6.45) is -0.601. The molecule has 1 amide bonds. The minimum absolute atomic E-state index is 0. The summed E-state index contributed by atoms with van der Waals surface area (Å²) >= 11 is 18.0. The van der Waals surface area contributed by atoms with Gasteiger partial charge in [-0.25, -0.2) is 4.79 Å². The maximum atomic E-state index is 11.2. The molecule has 3 aromatic carbocycles. The molecule has 0 aliphatic heterocycles. The minimum Gasteiger partial charge on any atom is -0.545 e. The van der Waals surface area contributed by atoms with Crippen molar-refractivity contribution in [3.8, 4) is 0 Å². The molecule has 0 unspecified atom stereocenters. The van der Waals surface area contributed by atoms with Gasteiger partial charge in [-0.15, -0.1) is 0 Å². The molecule has 6 nitrogen and oxygen atoms in total. The molecule has 0 saturated heterocycles. The second kappa shape index (κ2) is 14.5. The number of nitrogens with one attached hydrogen (secondary N) is 2. The molecule has 0 aliphatic rings. The molecule has 0 atom stereocenters. The van der Waals surface area contributed by atoms with Crippen molar-refractivity contribution in [2.24, 2.45) is 0 Å². The second-order valence-corrected chi connectivity index (χ2v) is 8.32. The number of benzene rings is 3. The van der Waals surface area contributed by atoms with Crippen molar-refractivity contribution < 1.29 is 49.0 Å². The number of anilines is 3. The van der Waals surface area contributed by atoms with Crippen molar-refractivity contribution in [2.45, 2.75) is 26.9 Å². The summed E-state index contributed by atoms with van der Waals surface area (Å²) in [7, 11) is 0. The number of halogens is 3. The van der Waals surface area contributed by atoms with Crippen LogP contribution in [0.5, 0.6) is 0 Å². The molecule has 0 aliphatic carbocycles. The zero-order valence-electron chi connectivity index (χ0n) is 19.1. The Morgan fingerprint density at radius 3 is 2.26 bits per heavy atom. The molecule has 10 heteroatoms. The molecule has 0 heterocycles. The number of carbonyl (C=O) groups is 2. The third-order valence-electron chi connectivity index (χ3n) is 4.10. The number of ether oxygens (including phenoxy) is 1. The van der Waals surface area contributed by atoms with Gasteiger partial charge in [0.15, 0.2) is 0 Å². The number of carboxylic acids is 1. The number of carboxylic acid groups (broad SMARTS) is 1. The maximum absolute atomic E-state index is 11.2. The van der Waals surface area contributed by atoms with Crippen LogP contribution in [0.2, 0.25) is 15.1 Å². The van der Waals surface area contributed by atoms with Gasteiger partial charge in [0, 0.05) is 22.0 Å². The number of carbonyl (C=O) groups excluding carboxylic acids is 2. The van der Waals surface area contributed by atoms with Gasteiger partial charge in [-0.2, -0.15) is 0 Å². The SMILES string of the molecule is CC(C)OC(=O)Nc1cccc(Cl)c1.Cc1ccc(Cl)c(Nc2ccccc2C(=O)[O-])c1Cl.[Na+]. The van der Waals surface area contributed by atoms with Crippen molar-refractivity contribution >= 4 is 63.9 Å². The van der Waals surface area contributed by atoms with Gasteiger partial charge in [0.2, 0.25) is 0 Å². The first-order chi connectivity index (χ1) is 15.6. The quantitative estimate of drug-likeness (QED) is 0.490. The predicted octanol–water partition coefficient (Wildman–Crippen LogP) is 3.71. The van der Waals surface area contributed by atoms with Crippen LogP contribution in [-0.4, -0.2) is 18.2 Å². The van der Waals surface area contributed by atoms with Crippen LogP contribution in [0.4, 0.5) is 21.9 Å². The van der Waals surface area contributed by atoms with Crippen molar-refractivity contribution in [3.05, 3.63) is 86.9 Å². The Bertz CT molecular complexity index is 1140. The zero-order chi connectivity index (χ0) is 24.5. The topological polar surface area (TPSA) is 90.5 Å². The van der Waals surface area contributed by atoms with E-state index in [1.807, 2.05) is 6.92 Å². The number of amides is 1. The molecule has 3 rings (SSSR count). The molecule has 3 aromatic rings. The molecular weight excluding hydrogens is 510 g/mol. The third-order valence-corrected chi connectivity index (χ3v) is 5.14. The van der Waals surface area contributed by atoms with Crippen LogP contribution in [0, 0.1) is 6.92 Å². The van der Waals surface area contributed by atoms with Gasteiger partial charge in [0.25, 0.3) is 0 Å². The summed E-state index contributed by atoms with van der Waals surface area (Å²) in [5.74, 6) is -1.26. The first kappa shape index (κ1) is 30.1. The Hall–Kier alpha value is -1.93. The predicted molar refractivity (Wildman–Crippen MR) is 132 cm³/mol. The van der Waals surface area contributed by atoms with E-state index >= 15 is 0 Å². The number of hydrogen-bond donors (Lipinski definition) is 2. The zero-order valence-corrected chi connectivity index (χ0v) is 23.4. The van der Waals surface area contributed by atoms with E-state index in [0.717, 1.165) is 5.56 Å². The van der Waals surface area contributed by atoms with Gasteiger partial charge in [-0.1, -0.05) is 65.1 Å². The summed E-state index contributed by atoms with van der Waals surface area (Å²) < 4.78 is 4.90. The van der Waals surface area contributed by atoms with Crippen LogP contribution >= 0.6 is 34.8 Å². The summed E-state index contributed by atoms with van der Waals surface area (Å²) in [6.45, 7) is 5.42. The van der Waals surface area contributed by atoms with E-state index < -0.39 is 12.1 Å². The fourth-order valence-electron chi connectivity index (χ4n) is 2.60. The van der Waals surface area contributed by atoms with Crippen LogP contribution in [0.1, 0.15) is 29.8 Å². The number of rotatable bonds is 5. The van der Waals surface area contributed by atoms with Crippen LogP contribution < -0.4 is 45.3 Å². The summed E-state index contributed by atoms with van der Waals surface area (Å²) in [4.78, 5) is 22.2. The molecule has 2 N–H and O–H groups in total.